The first kappa shape index (κ1) is 17.3. The number of carbonyl (C=O) groups is 2. The molecule has 4 rings (SSSR count). The summed E-state index contributed by atoms with van der Waals surface area (Å²) in [6.45, 7) is 5.97. The van der Waals surface area contributed by atoms with Gasteiger partial charge < -0.3 is 9.84 Å². The molecule has 0 radical (unpaired) electrons. The number of esters is 1. The van der Waals surface area contributed by atoms with Gasteiger partial charge in [-0.05, 0) is 67.3 Å². The van der Waals surface area contributed by atoms with Crippen LogP contribution in [0.3, 0.4) is 0 Å². The Morgan fingerprint density at radius 1 is 1.16 bits per heavy atom. The Kier molecular flexibility index (Phi) is 3.91. The van der Waals surface area contributed by atoms with Gasteiger partial charge >= 0.3 is 5.97 Å². The van der Waals surface area contributed by atoms with Gasteiger partial charge in [0.2, 0.25) is 0 Å². The van der Waals surface area contributed by atoms with Gasteiger partial charge in [0.25, 0.3) is 0 Å². The molecule has 2 unspecified atom stereocenters. The van der Waals surface area contributed by atoms with E-state index in [0.29, 0.717) is 18.3 Å². The number of hydrogen-bond donors (Lipinski definition) is 1. The fourth-order valence-electron chi connectivity index (χ4n) is 6.68. The second-order valence-corrected chi connectivity index (χ2v) is 9.34. The molecule has 0 heterocycles. The fraction of sp³-hybridized carbons (Fsp3) is 0.810. The van der Waals surface area contributed by atoms with Gasteiger partial charge in [0.15, 0.2) is 5.78 Å². The Labute approximate surface area is 150 Å². The maximum absolute atomic E-state index is 13.1. The molecule has 4 aliphatic carbocycles. The van der Waals surface area contributed by atoms with Crippen LogP contribution in [-0.4, -0.2) is 29.1 Å². The van der Waals surface area contributed by atoms with Crippen molar-refractivity contribution in [3.8, 4) is 0 Å². The Morgan fingerprint density at radius 3 is 2.64 bits per heavy atom. The summed E-state index contributed by atoms with van der Waals surface area (Å²) >= 11 is 0. The van der Waals surface area contributed by atoms with E-state index in [2.05, 4.69) is 13.8 Å². The van der Waals surface area contributed by atoms with Crippen LogP contribution in [0.25, 0.3) is 0 Å². The first-order valence-electron chi connectivity index (χ1n) is 9.86. The smallest absolute Gasteiger partial charge is 0.302 e. The number of aliphatic hydroxyl groups is 1. The molecule has 3 fully saturated rings. The number of rotatable bonds is 1. The summed E-state index contributed by atoms with van der Waals surface area (Å²) in [5.41, 5.74) is 1.15. The van der Waals surface area contributed by atoms with Crippen molar-refractivity contribution in [1.29, 1.82) is 0 Å². The van der Waals surface area contributed by atoms with E-state index in [1.165, 1.54) is 12.5 Å². The monoisotopic (exact) mass is 346 g/mol. The lowest BCUT2D eigenvalue weighted by atomic mass is 9.47. The van der Waals surface area contributed by atoms with E-state index in [4.69, 9.17) is 4.74 Å². The van der Waals surface area contributed by atoms with Crippen LogP contribution < -0.4 is 0 Å². The van der Waals surface area contributed by atoms with Crippen molar-refractivity contribution < 1.29 is 19.4 Å². The third-order valence-corrected chi connectivity index (χ3v) is 8.18. The topological polar surface area (TPSA) is 63.6 Å². The standard InChI is InChI=1S/C21H30O4/c1-12(22)25-14-6-8-20(2)13(10-14)11-17(23)19-15-4-5-18(24)21(15,3)9-7-16(19)20/h11,14-16,18-19,24H,4-10H2,1-3H3/t14?,15-,16+,18?,19-,20-,21-/m0/s1. The molecule has 0 spiro atoms. The van der Waals surface area contributed by atoms with Crippen LogP contribution in [0.4, 0.5) is 0 Å². The molecule has 25 heavy (non-hydrogen) atoms. The summed E-state index contributed by atoms with van der Waals surface area (Å²) in [5, 5.41) is 10.5. The number of ether oxygens (including phenoxy) is 1. The molecule has 0 aliphatic heterocycles. The minimum absolute atomic E-state index is 0.0457. The first-order valence-corrected chi connectivity index (χ1v) is 9.86. The normalized spacial score (nSPS) is 48.9. The van der Waals surface area contributed by atoms with Crippen molar-refractivity contribution >= 4 is 11.8 Å². The quantitative estimate of drug-likeness (QED) is 0.739. The van der Waals surface area contributed by atoms with Gasteiger partial charge in [0.05, 0.1) is 6.10 Å². The van der Waals surface area contributed by atoms with Crippen molar-refractivity contribution in [1.82, 2.24) is 0 Å². The van der Waals surface area contributed by atoms with Gasteiger partial charge in [-0.15, -0.1) is 0 Å². The van der Waals surface area contributed by atoms with Crippen molar-refractivity contribution in [2.24, 2.45) is 28.6 Å². The van der Waals surface area contributed by atoms with Gasteiger partial charge in [-0.25, -0.2) is 0 Å². The highest BCUT2D eigenvalue weighted by atomic mass is 16.5. The van der Waals surface area contributed by atoms with Crippen molar-refractivity contribution in [3.63, 3.8) is 0 Å². The molecule has 0 bridgehead atoms. The summed E-state index contributed by atoms with van der Waals surface area (Å²) < 4.78 is 5.43. The summed E-state index contributed by atoms with van der Waals surface area (Å²) in [7, 11) is 0. The molecule has 4 heteroatoms. The van der Waals surface area contributed by atoms with E-state index in [-0.39, 0.29) is 40.7 Å². The highest BCUT2D eigenvalue weighted by Crippen LogP contribution is 2.64. The summed E-state index contributed by atoms with van der Waals surface area (Å²) in [5.74, 6) is 0.778. The maximum Gasteiger partial charge on any atom is 0.302 e. The molecule has 7 atom stereocenters. The third-order valence-electron chi connectivity index (χ3n) is 8.18. The average Bonchev–Trinajstić information content (AvgIpc) is 2.84. The zero-order chi connectivity index (χ0) is 18.0. The summed E-state index contributed by atoms with van der Waals surface area (Å²) in [6, 6.07) is 0. The van der Waals surface area contributed by atoms with E-state index in [0.717, 1.165) is 38.5 Å². The average molecular weight is 346 g/mol. The van der Waals surface area contributed by atoms with Gasteiger partial charge in [-0.1, -0.05) is 19.4 Å². The zero-order valence-corrected chi connectivity index (χ0v) is 15.6. The molecular formula is C21H30O4. The van der Waals surface area contributed by atoms with Crippen molar-refractivity contribution in [2.75, 3.05) is 0 Å². The second kappa shape index (κ2) is 5.67. The van der Waals surface area contributed by atoms with Crippen LogP contribution in [-0.2, 0) is 14.3 Å². The van der Waals surface area contributed by atoms with Crippen LogP contribution in [0.2, 0.25) is 0 Å². The van der Waals surface area contributed by atoms with Gasteiger partial charge in [0.1, 0.15) is 6.10 Å². The molecule has 0 amide bonds. The van der Waals surface area contributed by atoms with E-state index < -0.39 is 0 Å². The molecule has 0 aromatic heterocycles. The van der Waals surface area contributed by atoms with E-state index in [1.54, 1.807) is 0 Å². The first-order chi connectivity index (χ1) is 11.8. The molecule has 0 aromatic rings. The van der Waals surface area contributed by atoms with Crippen LogP contribution >= 0.6 is 0 Å². The summed E-state index contributed by atoms with van der Waals surface area (Å²) in [6.07, 6.45) is 7.96. The number of carbonyl (C=O) groups excluding carboxylic acids is 2. The lowest BCUT2D eigenvalue weighted by molar-refractivity contribution is -0.149. The fourth-order valence-corrected chi connectivity index (χ4v) is 6.68. The number of allylic oxidation sites excluding steroid dienone is 1. The number of aliphatic hydroxyl groups excluding tert-OH is 1. The number of fused-ring (bicyclic) bond motifs is 5. The predicted molar refractivity (Wildman–Crippen MR) is 93.7 cm³/mol. The maximum atomic E-state index is 13.1. The molecule has 3 saturated carbocycles. The molecular weight excluding hydrogens is 316 g/mol. The minimum atomic E-state index is -0.260. The molecule has 4 aliphatic rings. The third kappa shape index (κ3) is 2.43. The van der Waals surface area contributed by atoms with Crippen LogP contribution in [0.15, 0.2) is 11.6 Å². The number of hydrogen-bond acceptors (Lipinski definition) is 4. The molecule has 1 N–H and O–H groups in total. The van der Waals surface area contributed by atoms with Gasteiger partial charge in [-0.3, -0.25) is 9.59 Å². The van der Waals surface area contributed by atoms with Crippen LogP contribution in [0.5, 0.6) is 0 Å². The van der Waals surface area contributed by atoms with E-state index >= 15 is 0 Å². The molecule has 0 aromatic carbocycles. The molecule has 4 nitrogen and oxygen atoms in total. The minimum Gasteiger partial charge on any atom is -0.462 e. The molecule has 138 valence electrons. The predicted octanol–water partition coefficient (Wildman–Crippen LogP) is 3.42. The Morgan fingerprint density at radius 2 is 1.92 bits per heavy atom. The largest absolute Gasteiger partial charge is 0.462 e. The molecule has 0 saturated heterocycles. The van der Waals surface area contributed by atoms with Gasteiger partial charge in [-0.2, -0.15) is 0 Å². The zero-order valence-electron chi connectivity index (χ0n) is 15.6. The Bertz CT molecular complexity index is 638. The van der Waals surface area contributed by atoms with Crippen molar-refractivity contribution in [3.05, 3.63) is 11.6 Å². The lowest BCUT2D eigenvalue weighted by Crippen LogP contribution is -2.54. The van der Waals surface area contributed by atoms with Gasteiger partial charge in [0, 0.05) is 19.3 Å². The second-order valence-electron chi connectivity index (χ2n) is 9.34. The lowest BCUT2D eigenvalue weighted by Gasteiger charge is -2.56. The number of ketones is 1. The Hall–Kier alpha value is -1.16. The van der Waals surface area contributed by atoms with E-state index in [9.17, 15) is 14.7 Å². The Balaban J connectivity index is 1.65. The van der Waals surface area contributed by atoms with E-state index in [1.807, 2.05) is 6.08 Å². The highest BCUT2D eigenvalue weighted by Gasteiger charge is 2.60. The summed E-state index contributed by atoms with van der Waals surface area (Å²) in [4.78, 5) is 24.4. The van der Waals surface area contributed by atoms with Crippen LogP contribution in [0, 0.1) is 28.6 Å². The SMILES string of the molecule is CC(=O)OC1CC[C@@]2(C)C(=CC(=O)[C@@H]3[C@H]2CC[C@]2(C)C(O)CC[C@@H]32)C1. The highest BCUT2D eigenvalue weighted by molar-refractivity contribution is 5.94. The van der Waals surface area contributed by atoms with Crippen LogP contribution in [0.1, 0.15) is 65.7 Å². The van der Waals surface area contributed by atoms with Crippen molar-refractivity contribution in [2.45, 2.75) is 77.9 Å².